The van der Waals surface area contributed by atoms with Crippen LogP contribution in [0.15, 0.2) is 4.99 Å². The van der Waals surface area contributed by atoms with Crippen molar-refractivity contribution in [2.24, 2.45) is 4.99 Å². The molecule has 18 heavy (non-hydrogen) atoms. The summed E-state index contributed by atoms with van der Waals surface area (Å²) in [5.41, 5.74) is -0.451. The lowest BCUT2D eigenvalue weighted by molar-refractivity contribution is 0.0302. The van der Waals surface area contributed by atoms with Gasteiger partial charge in [0.25, 0.3) is 0 Å². The molecule has 0 fully saturated rings. The number of hydrogen-bond donors (Lipinski definition) is 2. The van der Waals surface area contributed by atoms with Crippen LogP contribution in [-0.4, -0.2) is 55.8 Å². The molecule has 0 aromatic carbocycles. The van der Waals surface area contributed by atoms with Crippen molar-refractivity contribution >= 4 is 12.1 Å². The largest absolute Gasteiger partial charge is 0.444 e. The molecule has 6 heteroatoms. The summed E-state index contributed by atoms with van der Waals surface area (Å²) in [7, 11) is 1.73. The third kappa shape index (κ3) is 5.75. The van der Waals surface area contributed by atoms with Crippen molar-refractivity contribution in [1.82, 2.24) is 15.5 Å². The molecular formula is C12H24N4O2. The van der Waals surface area contributed by atoms with Crippen LogP contribution in [0.4, 0.5) is 4.79 Å². The Balaban J connectivity index is 2.22. The number of amides is 1. The van der Waals surface area contributed by atoms with Crippen molar-refractivity contribution in [2.45, 2.75) is 32.8 Å². The molecule has 0 aromatic rings. The Labute approximate surface area is 109 Å². The first-order valence-electron chi connectivity index (χ1n) is 6.35. The maximum Gasteiger partial charge on any atom is 0.410 e. The van der Waals surface area contributed by atoms with Gasteiger partial charge in [-0.3, -0.25) is 4.99 Å². The summed E-state index contributed by atoms with van der Waals surface area (Å²) >= 11 is 0. The Morgan fingerprint density at radius 3 is 2.83 bits per heavy atom. The third-order valence-corrected chi connectivity index (χ3v) is 2.34. The van der Waals surface area contributed by atoms with Crippen LogP contribution in [0.25, 0.3) is 0 Å². The maximum absolute atomic E-state index is 11.7. The summed E-state index contributed by atoms with van der Waals surface area (Å²) in [4.78, 5) is 17.5. The van der Waals surface area contributed by atoms with E-state index < -0.39 is 5.60 Å². The molecule has 2 N–H and O–H groups in total. The quantitative estimate of drug-likeness (QED) is 0.783. The summed E-state index contributed by atoms with van der Waals surface area (Å²) in [6.07, 6.45) is 0.769. The molecule has 1 aliphatic heterocycles. The number of nitrogens with zero attached hydrogens (tertiary/aromatic N) is 2. The molecule has 0 atom stereocenters. The van der Waals surface area contributed by atoms with Crippen molar-refractivity contribution in [2.75, 3.05) is 33.2 Å². The van der Waals surface area contributed by atoms with E-state index in [1.807, 2.05) is 20.8 Å². The molecule has 0 bridgehead atoms. The van der Waals surface area contributed by atoms with Crippen LogP contribution in [0.3, 0.4) is 0 Å². The number of likely N-dealkylation sites (N-methyl/N-ethyl adjacent to an activating group) is 1. The first kappa shape index (κ1) is 14.6. The molecule has 1 amide bonds. The highest BCUT2D eigenvalue weighted by atomic mass is 16.6. The van der Waals surface area contributed by atoms with E-state index in [-0.39, 0.29) is 6.09 Å². The van der Waals surface area contributed by atoms with Gasteiger partial charge in [-0.15, -0.1) is 0 Å². The number of ether oxygens (including phenoxy) is 1. The van der Waals surface area contributed by atoms with E-state index in [0.29, 0.717) is 13.1 Å². The third-order valence-electron chi connectivity index (χ3n) is 2.34. The lowest BCUT2D eigenvalue weighted by atomic mass is 10.2. The number of nitrogens with one attached hydrogen (secondary N) is 2. The van der Waals surface area contributed by atoms with E-state index in [2.05, 4.69) is 15.6 Å². The Kier molecular flexibility index (Phi) is 5.25. The Hall–Kier alpha value is -1.46. The molecule has 1 aliphatic rings. The maximum atomic E-state index is 11.7. The zero-order chi connectivity index (χ0) is 13.6. The van der Waals surface area contributed by atoms with Crippen molar-refractivity contribution in [3.05, 3.63) is 0 Å². The molecule has 0 spiro atoms. The van der Waals surface area contributed by atoms with Gasteiger partial charge in [-0.05, 0) is 27.2 Å². The van der Waals surface area contributed by atoms with Crippen molar-refractivity contribution < 1.29 is 9.53 Å². The normalized spacial score (nSPS) is 15.4. The topological polar surface area (TPSA) is 66.0 Å². The van der Waals surface area contributed by atoms with Gasteiger partial charge in [0, 0.05) is 33.2 Å². The summed E-state index contributed by atoms with van der Waals surface area (Å²) in [5.74, 6) is 0.818. The predicted molar refractivity (Wildman–Crippen MR) is 71.8 cm³/mol. The Morgan fingerprint density at radius 1 is 1.56 bits per heavy atom. The fraction of sp³-hybridized carbons (Fsp3) is 0.833. The minimum absolute atomic E-state index is 0.303. The van der Waals surface area contributed by atoms with Crippen molar-refractivity contribution in [3.8, 4) is 0 Å². The van der Waals surface area contributed by atoms with Gasteiger partial charge < -0.3 is 20.3 Å². The number of rotatable bonds is 3. The van der Waals surface area contributed by atoms with E-state index in [0.717, 1.165) is 25.5 Å². The van der Waals surface area contributed by atoms with E-state index in [1.165, 1.54) is 0 Å². The average Bonchev–Trinajstić information content (AvgIpc) is 2.28. The monoisotopic (exact) mass is 256 g/mol. The number of carbonyl (C=O) groups is 1. The molecule has 1 heterocycles. The van der Waals surface area contributed by atoms with Crippen LogP contribution in [-0.2, 0) is 4.74 Å². The van der Waals surface area contributed by atoms with Crippen LogP contribution in [0.5, 0.6) is 0 Å². The minimum Gasteiger partial charge on any atom is -0.444 e. The second kappa shape index (κ2) is 6.47. The second-order valence-electron chi connectivity index (χ2n) is 5.34. The van der Waals surface area contributed by atoms with Gasteiger partial charge in [0.2, 0.25) is 0 Å². The standard InChI is InChI=1S/C12H24N4O2/c1-12(2,3)18-11(17)16(4)9-8-15-10-13-6-5-7-14-10/h5-9H2,1-4H3,(H2,13,14,15). The minimum atomic E-state index is -0.451. The van der Waals surface area contributed by atoms with E-state index in [4.69, 9.17) is 4.74 Å². The lowest BCUT2D eigenvalue weighted by Crippen LogP contribution is -2.44. The number of guanidine groups is 1. The first-order valence-corrected chi connectivity index (χ1v) is 6.35. The molecule has 0 unspecified atom stereocenters. The second-order valence-corrected chi connectivity index (χ2v) is 5.34. The summed E-state index contributed by atoms with van der Waals surface area (Å²) in [5, 5.41) is 6.32. The van der Waals surface area contributed by atoms with Crippen molar-refractivity contribution in [3.63, 3.8) is 0 Å². The molecule has 0 aliphatic carbocycles. The van der Waals surface area contributed by atoms with Gasteiger partial charge in [0.1, 0.15) is 5.60 Å². The van der Waals surface area contributed by atoms with Crippen LogP contribution in [0, 0.1) is 0 Å². The molecule has 0 aromatic heterocycles. The Bertz CT molecular complexity index is 310. The molecule has 104 valence electrons. The average molecular weight is 256 g/mol. The molecule has 0 saturated carbocycles. The highest BCUT2D eigenvalue weighted by Crippen LogP contribution is 2.08. The lowest BCUT2D eigenvalue weighted by Gasteiger charge is -2.25. The highest BCUT2D eigenvalue weighted by molar-refractivity contribution is 5.80. The molecular weight excluding hydrogens is 232 g/mol. The van der Waals surface area contributed by atoms with E-state index in [1.54, 1.807) is 11.9 Å². The van der Waals surface area contributed by atoms with Gasteiger partial charge in [0.15, 0.2) is 5.96 Å². The summed E-state index contributed by atoms with van der Waals surface area (Å²) in [6.45, 7) is 8.62. The zero-order valence-corrected chi connectivity index (χ0v) is 11.7. The summed E-state index contributed by atoms with van der Waals surface area (Å²) in [6, 6.07) is 0. The zero-order valence-electron chi connectivity index (χ0n) is 11.7. The van der Waals surface area contributed by atoms with Gasteiger partial charge in [-0.1, -0.05) is 0 Å². The molecule has 0 saturated heterocycles. The van der Waals surface area contributed by atoms with Gasteiger partial charge in [-0.2, -0.15) is 0 Å². The molecule has 6 nitrogen and oxygen atoms in total. The fourth-order valence-corrected chi connectivity index (χ4v) is 1.42. The van der Waals surface area contributed by atoms with E-state index in [9.17, 15) is 4.79 Å². The first-order chi connectivity index (χ1) is 8.38. The fourth-order valence-electron chi connectivity index (χ4n) is 1.42. The number of hydrogen-bond acceptors (Lipinski definition) is 5. The van der Waals surface area contributed by atoms with Crippen LogP contribution in [0.1, 0.15) is 27.2 Å². The van der Waals surface area contributed by atoms with Crippen LogP contribution < -0.4 is 10.6 Å². The SMILES string of the molecule is CN(CCNC1=NCCCN1)C(=O)OC(C)(C)C. The highest BCUT2D eigenvalue weighted by Gasteiger charge is 2.19. The summed E-state index contributed by atoms with van der Waals surface area (Å²) < 4.78 is 5.26. The number of carbonyl (C=O) groups excluding carboxylic acids is 1. The molecule has 1 rings (SSSR count). The van der Waals surface area contributed by atoms with Crippen LogP contribution >= 0.6 is 0 Å². The van der Waals surface area contributed by atoms with Gasteiger partial charge in [0.05, 0.1) is 0 Å². The smallest absolute Gasteiger partial charge is 0.410 e. The predicted octanol–water partition coefficient (Wildman–Crippen LogP) is 0.792. The van der Waals surface area contributed by atoms with Gasteiger partial charge >= 0.3 is 6.09 Å². The number of aliphatic imine (C=N–C) groups is 1. The van der Waals surface area contributed by atoms with Crippen LogP contribution in [0.2, 0.25) is 0 Å². The molecule has 0 radical (unpaired) electrons. The van der Waals surface area contributed by atoms with E-state index >= 15 is 0 Å². The Morgan fingerprint density at radius 2 is 2.28 bits per heavy atom. The van der Waals surface area contributed by atoms with Crippen molar-refractivity contribution in [1.29, 1.82) is 0 Å². The van der Waals surface area contributed by atoms with Gasteiger partial charge in [-0.25, -0.2) is 4.79 Å².